The summed E-state index contributed by atoms with van der Waals surface area (Å²) in [6, 6.07) is 7.60. The van der Waals surface area contributed by atoms with Gasteiger partial charge in [0.2, 0.25) is 0 Å². The molecule has 0 spiro atoms. The molecule has 0 radical (unpaired) electrons. The van der Waals surface area contributed by atoms with Gasteiger partial charge in [0.25, 0.3) is 0 Å². The Labute approximate surface area is 83.6 Å². The third-order valence-electron chi connectivity index (χ3n) is 2.25. The first kappa shape index (κ1) is 9.34. The minimum Gasteiger partial charge on any atom is -0.497 e. The average Bonchev–Trinajstić information content (AvgIpc) is 3.01. The minimum absolute atomic E-state index is 0.113. The van der Waals surface area contributed by atoms with E-state index in [2.05, 4.69) is 0 Å². The zero-order valence-corrected chi connectivity index (χ0v) is 8.40. The number of benzene rings is 1. The maximum Gasteiger partial charge on any atom is 0.124 e. The summed E-state index contributed by atoms with van der Waals surface area (Å²) >= 11 is 0. The maximum absolute atomic E-state index is 5.68. The lowest BCUT2D eigenvalue weighted by Crippen LogP contribution is -2.18. The van der Waals surface area contributed by atoms with E-state index in [-0.39, 0.29) is 12.2 Å². The Balaban J connectivity index is 2.00. The molecule has 14 heavy (non-hydrogen) atoms. The summed E-state index contributed by atoms with van der Waals surface area (Å²) in [6.07, 6.45) is 0.378. The van der Waals surface area contributed by atoms with E-state index in [0.717, 1.165) is 18.1 Å². The highest BCUT2D eigenvalue weighted by molar-refractivity contribution is 5.33. The SMILES string of the molecule is COc1cccc(O[C@H](C)[C@H]2CO2)c1. The van der Waals surface area contributed by atoms with Gasteiger partial charge in [0, 0.05) is 6.07 Å². The number of epoxide rings is 1. The molecule has 3 nitrogen and oxygen atoms in total. The number of ether oxygens (including phenoxy) is 3. The largest absolute Gasteiger partial charge is 0.497 e. The van der Waals surface area contributed by atoms with Gasteiger partial charge in [0.1, 0.15) is 23.7 Å². The molecule has 0 saturated carbocycles. The van der Waals surface area contributed by atoms with Gasteiger partial charge in [0.15, 0.2) is 0 Å². The fourth-order valence-corrected chi connectivity index (χ4v) is 1.29. The highest BCUT2D eigenvalue weighted by Gasteiger charge is 2.30. The molecule has 76 valence electrons. The number of hydrogen-bond donors (Lipinski definition) is 0. The first-order chi connectivity index (χ1) is 6.79. The van der Waals surface area contributed by atoms with E-state index in [1.165, 1.54) is 0 Å². The summed E-state index contributed by atoms with van der Waals surface area (Å²) in [6.45, 7) is 2.82. The van der Waals surface area contributed by atoms with Crippen LogP contribution < -0.4 is 9.47 Å². The van der Waals surface area contributed by atoms with Crippen LogP contribution in [0.3, 0.4) is 0 Å². The van der Waals surface area contributed by atoms with Crippen molar-refractivity contribution in [1.82, 2.24) is 0 Å². The van der Waals surface area contributed by atoms with Crippen molar-refractivity contribution in [2.45, 2.75) is 19.1 Å². The fourth-order valence-electron chi connectivity index (χ4n) is 1.29. The van der Waals surface area contributed by atoms with Crippen molar-refractivity contribution in [2.24, 2.45) is 0 Å². The third kappa shape index (κ3) is 2.17. The topological polar surface area (TPSA) is 31.0 Å². The summed E-state index contributed by atoms with van der Waals surface area (Å²) in [5.74, 6) is 1.64. The smallest absolute Gasteiger partial charge is 0.124 e. The van der Waals surface area contributed by atoms with Gasteiger partial charge in [-0.1, -0.05) is 6.07 Å². The zero-order chi connectivity index (χ0) is 9.97. The Morgan fingerprint density at radius 2 is 2.14 bits per heavy atom. The molecule has 0 aromatic heterocycles. The summed E-state index contributed by atoms with van der Waals surface area (Å²) < 4.78 is 15.9. The molecule has 1 fully saturated rings. The molecule has 2 rings (SSSR count). The van der Waals surface area contributed by atoms with Crippen LogP contribution in [-0.2, 0) is 4.74 Å². The van der Waals surface area contributed by atoms with Crippen molar-refractivity contribution in [3.63, 3.8) is 0 Å². The average molecular weight is 194 g/mol. The first-order valence-electron chi connectivity index (χ1n) is 4.72. The minimum atomic E-state index is 0.113. The first-order valence-corrected chi connectivity index (χ1v) is 4.72. The van der Waals surface area contributed by atoms with Gasteiger partial charge in [0.05, 0.1) is 13.7 Å². The molecule has 0 bridgehead atoms. The monoisotopic (exact) mass is 194 g/mol. The molecule has 1 aliphatic heterocycles. The van der Waals surface area contributed by atoms with Crippen molar-refractivity contribution >= 4 is 0 Å². The van der Waals surface area contributed by atoms with Crippen LogP contribution in [0.4, 0.5) is 0 Å². The van der Waals surface area contributed by atoms with Crippen LogP contribution in [0, 0.1) is 0 Å². The second-order valence-electron chi connectivity index (χ2n) is 3.37. The van der Waals surface area contributed by atoms with Crippen molar-refractivity contribution < 1.29 is 14.2 Å². The van der Waals surface area contributed by atoms with Crippen LogP contribution in [0.5, 0.6) is 11.5 Å². The normalized spacial score (nSPS) is 21.4. The summed E-state index contributed by atoms with van der Waals surface area (Å²) in [7, 11) is 1.65. The third-order valence-corrected chi connectivity index (χ3v) is 2.25. The van der Waals surface area contributed by atoms with Crippen molar-refractivity contribution in [2.75, 3.05) is 13.7 Å². The van der Waals surface area contributed by atoms with Crippen molar-refractivity contribution in [3.8, 4) is 11.5 Å². The molecule has 2 atom stereocenters. The lowest BCUT2D eigenvalue weighted by Gasteiger charge is -2.12. The number of methoxy groups -OCH3 is 1. The van der Waals surface area contributed by atoms with E-state index < -0.39 is 0 Å². The molecule has 1 aromatic carbocycles. The standard InChI is InChI=1S/C11H14O3/c1-8(11-7-13-11)14-10-5-3-4-9(6-10)12-2/h3-6,8,11H,7H2,1-2H3/t8-,11-/m1/s1. The Kier molecular flexibility index (Phi) is 2.59. The predicted molar refractivity (Wildman–Crippen MR) is 52.8 cm³/mol. The molecule has 0 N–H and O–H groups in total. The molecular formula is C11H14O3. The van der Waals surface area contributed by atoms with Crippen LogP contribution in [0.2, 0.25) is 0 Å². The summed E-state index contributed by atoms with van der Waals surface area (Å²) in [5, 5.41) is 0. The lowest BCUT2D eigenvalue weighted by molar-refractivity contribution is 0.176. The highest BCUT2D eigenvalue weighted by Crippen LogP contribution is 2.23. The molecular weight excluding hydrogens is 180 g/mol. The Bertz CT molecular complexity index is 307. The van der Waals surface area contributed by atoms with E-state index in [1.807, 2.05) is 31.2 Å². The van der Waals surface area contributed by atoms with Crippen LogP contribution >= 0.6 is 0 Å². The molecule has 1 aliphatic rings. The van der Waals surface area contributed by atoms with E-state index in [0.29, 0.717) is 0 Å². The second-order valence-corrected chi connectivity index (χ2v) is 3.37. The quantitative estimate of drug-likeness (QED) is 0.685. The van der Waals surface area contributed by atoms with Gasteiger partial charge in [-0.25, -0.2) is 0 Å². The fraction of sp³-hybridized carbons (Fsp3) is 0.455. The maximum atomic E-state index is 5.68. The van der Waals surface area contributed by atoms with Crippen LogP contribution in [-0.4, -0.2) is 25.9 Å². The molecule has 0 amide bonds. The molecule has 0 aliphatic carbocycles. The van der Waals surface area contributed by atoms with E-state index >= 15 is 0 Å². The number of hydrogen-bond acceptors (Lipinski definition) is 3. The van der Waals surface area contributed by atoms with Gasteiger partial charge in [-0.2, -0.15) is 0 Å². The predicted octanol–water partition coefficient (Wildman–Crippen LogP) is 1.86. The molecule has 1 heterocycles. The van der Waals surface area contributed by atoms with Crippen LogP contribution in [0.1, 0.15) is 6.92 Å². The van der Waals surface area contributed by atoms with Crippen LogP contribution in [0.15, 0.2) is 24.3 Å². The van der Waals surface area contributed by atoms with Gasteiger partial charge < -0.3 is 14.2 Å². The Morgan fingerprint density at radius 1 is 1.43 bits per heavy atom. The van der Waals surface area contributed by atoms with E-state index in [4.69, 9.17) is 14.2 Å². The zero-order valence-electron chi connectivity index (χ0n) is 8.40. The number of rotatable bonds is 4. The van der Waals surface area contributed by atoms with Crippen molar-refractivity contribution in [1.29, 1.82) is 0 Å². The van der Waals surface area contributed by atoms with Crippen LogP contribution in [0.25, 0.3) is 0 Å². The summed E-state index contributed by atoms with van der Waals surface area (Å²) in [4.78, 5) is 0. The molecule has 1 aromatic rings. The highest BCUT2D eigenvalue weighted by atomic mass is 16.6. The van der Waals surface area contributed by atoms with E-state index in [1.54, 1.807) is 7.11 Å². The van der Waals surface area contributed by atoms with Crippen molar-refractivity contribution in [3.05, 3.63) is 24.3 Å². The van der Waals surface area contributed by atoms with Gasteiger partial charge in [-0.15, -0.1) is 0 Å². The molecule has 1 saturated heterocycles. The Hall–Kier alpha value is -1.22. The van der Waals surface area contributed by atoms with Gasteiger partial charge in [-0.3, -0.25) is 0 Å². The Morgan fingerprint density at radius 3 is 2.79 bits per heavy atom. The lowest BCUT2D eigenvalue weighted by atomic mass is 10.3. The van der Waals surface area contributed by atoms with Gasteiger partial charge >= 0.3 is 0 Å². The summed E-state index contributed by atoms with van der Waals surface area (Å²) in [5.41, 5.74) is 0. The molecule has 0 unspecified atom stereocenters. The second kappa shape index (κ2) is 3.88. The molecule has 3 heteroatoms. The van der Waals surface area contributed by atoms with E-state index in [9.17, 15) is 0 Å². The van der Waals surface area contributed by atoms with Gasteiger partial charge in [-0.05, 0) is 19.1 Å².